The fraction of sp³-hybridized carbons (Fsp3) is 0.105. The van der Waals surface area contributed by atoms with E-state index in [0.717, 1.165) is 0 Å². The second kappa shape index (κ2) is 9.23. The molecule has 5 nitrogen and oxygen atoms in total. The van der Waals surface area contributed by atoms with E-state index in [1.54, 1.807) is 18.2 Å². The number of halogens is 3. The van der Waals surface area contributed by atoms with Crippen LogP contribution in [0.15, 0.2) is 66.0 Å². The molecule has 0 aliphatic carbocycles. The van der Waals surface area contributed by atoms with Crippen LogP contribution >= 0.6 is 11.8 Å². The number of hydrogen-bond donors (Lipinski definition) is 1. The summed E-state index contributed by atoms with van der Waals surface area (Å²) in [7, 11) is 0. The molecule has 144 valence electrons. The van der Waals surface area contributed by atoms with E-state index in [9.17, 15) is 18.0 Å². The predicted octanol–water partition coefficient (Wildman–Crippen LogP) is 4.65. The number of hydrogen-bond acceptors (Lipinski definition) is 5. The maximum Gasteiger partial charge on any atom is 0.290 e. The van der Waals surface area contributed by atoms with Crippen LogP contribution < -0.4 is 10.1 Å². The van der Waals surface area contributed by atoms with Crippen LogP contribution in [0.3, 0.4) is 0 Å². The molecule has 0 fully saturated rings. The molecule has 1 N–H and O–H groups in total. The third-order valence-electron chi connectivity index (χ3n) is 3.52. The van der Waals surface area contributed by atoms with Gasteiger partial charge in [-0.05, 0) is 42.1 Å². The second-order valence-corrected chi connectivity index (χ2v) is 6.42. The van der Waals surface area contributed by atoms with Crippen LogP contribution in [0.4, 0.5) is 13.2 Å². The Labute approximate surface area is 163 Å². The summed E-state index contributed by atoms with van der Waals surface area (Å²) in [5.74, 6) is -3.25. The van der Waals surface area contributed by atoms with Gasteiger partial charge in [-0.1, -0.05) is 12.1 Å². The minimum Gasteiger partial charge on any atom is -0.439 e. The number of nitrogens with zero attached hydrogens (tertiary/aromatic N) is 2. The van der Waals surface area contributed by atoms with Crippen LogP contribution in [0.2, 0.25) is 0 Å². The van der Waals surface area contributed by atoms with Gasteiger partial charge in [0.1, 0.15) is 16.6 Å². The summed E-state index contributed by atoms with van der Waals surface area (Å²) in [5.41, 5.74) is 0.580. The molecule has 3 rings (SSSR count). The van der Waals surface area contributed by atoms with E-state index in [1.807, 2.05) is 0 Å². The van der Waals surface area contributed by atoms with Crippen molar-refractivity contribution in [2.45, 2.75) is 17.3 Å². The van der Waals surface area contributed by atoms with Gasteiger partial charge in [-0.2, -0.15) is 8.78 Å². The maximum atomic E-state index is 13.3. The molecule has 0 aliphatic rings. The van der Waals surface area contributed by atoms with Gasteiger partial charge in [-0.3, -0.25) is 4.79 Å². The Balaban J connectivity index is 1.72. The average molecular weight is 405 g/mol. The SMILES string of the molecule is O=C(NCc1cccnc1Oc1cccc(F)c1)c1cccnc1SC(F)F. The van der Waals surface area contributed by atoms with E-state index in [-0.39, 0.29) is 40.5 Å². The van der Waals surface area contributed by atoms with Crippen LogP contribution in [-0.4, -0.2) is 21.6 Å². The predicted molar refractivity (Wildman–Crippen MR) is 98.0 cm³/mol. The monoisotopic (exact) mass is 405 g/mol. The molecule has 0 bridgehead atoms. The molecule has 1 amide bonds. The molecule has 0 atom stereocenters. The number of aromatic nitrogens is 2. The number of carbonyl (C=O) groups is 1. The zero-order valence-corrected chi connectivity index (χ0v) is 15.1. The first-order valence-electron chi connectivity index (χ1n) is 8.08. The Morgan fingerprint density at radius 3 is 2.68 bits per heavy atom. The van der Waals surface area contributed by atoms with Gasteiger partial charge in [0.25, 0.3) is 11.7 Å². The molecule has 0 radical (unpaired) electrons. The Bertz CT molecular complexity index is 972. The van der Waals surface area contributed by atoms with Gasteiger partial charge in [0.2, 0.25) is 5.88 Å². The average Bonchev–Trinajstić information content (AvgIpc) is 2.67. The van der Waals surface area contributed by atoms with Gasteiger partial charge >= 0.3 is 0 Å². The summed E-state index contributed by atoms with van der Waals surface area (Å²) >= 11 is 0.203. The van der Waals surface area contributed by atoms with E-state index < -0.39 is 17.5 Å². The normalized spacial score (nSPS) is 10.7. The Morgan fingerprint density at radius 2 is 1.89 bits per heavy atom. The summed E-state index contributed by atoms with van der Waals surface area (Å²) in [6.45, 7) is 0.0327. The van der Waals surface area contributed by atoms with Gasteiger partial charge < -0.3 is 10.1 Å². The minimum atomic E-state index is -2.69. The van der Waals surface area contributed by atoms with Gasteiger partial charge in [0.15, 0.2) is 0 Å². The molecule has 0 spiro atoms. The highest BCUT2D eigenvalue weighted by molar-refractivity contribution is 7.99. The first kappa shape index (κ1) is 19.7. The van der Waals surface area contributed by atoms with Crippen molar-refractivity contribution in [1.82, 2.24) is 15.3 Å². The highest BCUT2D eigenvalue weighted by atomic mass is 32.2. The first-order valence-corrected chi connectivity index (χ1v) is 8.96. The van der Waals surface area contributed by atoms with Crippen molar-refractivity contribution in [2.75, 3.05) is 0 Å². The maximum absolute atomic E-state index is 13.3. The number of amides is 1. The van der Waals surface area contributed by atoms with Gasteiger partial charge in [-0.25, -0.2) is 14.4 Å². The Hall–Kier alpha value is -3.07. The van der Waals surface area contributed by atoms with Crippen molar-refractivity contribution in [2.24, 2.45) is 0 Å². The smallest absolute Gasteiger partial charge is 0.290 e. The molecule has 9 heteroatoms. The van der Waals surface area contributed by atoms with Crippen molar-refractivity contribution in [3.63, 3.8) is 0 Å². The van der Waals surface area contributed by atoms with Crippen molar-refractivity contribution in [3.05, 3.63) is 77.9 Å². The quantitative estimate of drug-likeness (QED) is 0.580. The zero-order chi connectivity index (χ0) is 19.9. The van der Waals surface area contributed by atoms with Crippen molar-refractivity contribution < 1.29 is 22.7 Å². The highest BCUT2D eigenvalue weighted by Crippen LogP contribution is 2.27. The summed E-state index contributed by atoms with van der Waals surface area (Å²) in [4.78, 5) is 20.3. The lowest BCUT2D eigenvalue weighted by Crippen LogP contribution is -2.24. The number of thioether (sulfide) groups is 1. The molecule has 0 saturated heterocycles. The number of pyridine rings is 2. The van der Waals surface area contributed by atoms with Crippen molar-refractivity contribution in [1.29, 1.82) is 0 Å². The number of alkyl halides is 2. The lowest BCUT2D eigenvalue weighted by Gasteiger charge is -2.12. The highest BCUT2D eigenvalue weighted by Gasteiger charge is 2.17. The summed E-state index contributed by atoms with van der Waals surface area (Å²) < 4.78 is 44.2. The number of rotatable bonds is 7. The molecule has 0 aliphatic heterocycles. The van der Waals surface area contributed by atoms with Crippen LogP contribution in [0.1, 0.15) is 15.9 Å². The van der Waals surface area contributed by atoms with Gasteiger partial charge in [0, 0.05) is 30.6 Å². The molecular formula is C19H14F3N3O2S. The molecule has 2 aromatic heterocycles. The molecule has 3 aromatic rings. The molecule has 0 unspecified atom stereocenters. The second-order valence-electron chi connectivity index (χ2n) is 5.44. The number of ether oxygens (including phenoxy) is 1. The van der Waals surface area contributed by atoms with E-state index in [2.05, 4.69) is 15.3 Å². The summed E-state index contributed by atoms with van der Waals surface area (Å²) in [6.07, 6.45) is 2.84. The van der Waals surface area contributed by atoms with Crippen LogP contribution in [0, 0.1) is 5.82 Å². The van der Waals surface area contributed by atoms with Crippen LogP contribution in [0.25, 0.3) is 0 Å². The Kier molecular flexibility index (Phi) is 6.49. The van der Waals surface area contributed by atoms with Crippen LogP contribution in [-0.2, 0) is 6.54 Å². The van der Waals surface area contributed by atoms with E-state index in [0.29, 0.717) is 5.56 Å². The minimum absolute atomic E-state index is 0.0327. The molecular weight excluding hydrogens is 391 g/mol. The summed E-state index contributed by atoms with van der Waals surface area (Å²) in [6, 6.07) is 11.8. The van der Waals surface area contributed by atoms with Crippen molar-refractivity contribution >= 4 is 17.7 Å². The third kappa shape index (κ3) is 5.23. The number of nitrogens with one attached hydrogen (secondary N) is 1. The topological polar surface area (TPSA) is 64.1 Å². The first-order chi connectivity index (χ1) is 13.5. The largest absolute Gasteiger partial charge is 0.439 e. The number of carbonyl (C=O) groups excluding carboxylic acids is 1. The molecule has 28 heavy (non-hydrogen) atoms. The van der Waals surface area contributed by atoms with Gasteiger partial charge in [0.05, 0.1) is 5.56 Å². The van der Waals surface area contributed by atoms with E-state index >= 15 is 0 Å². The standard InChI is InChI=1S/C19H14F3N3O2S/c20-13-5-1-6-14(10-13)27-17-12(4-2-8-23-17)11-25-16(26)15-7-3-9-24-18(15)28-19(21)22/h1-10,19H,11H2,(H,25,26). The van der Waals surface area contributed by atoms with Gasteiger partial charge in [-0.15, -0.1) is 0 Å². The van der Waals surface area contributed by atoms with Crippen molar-refractivity contribution in [3.8, 4) is 11.6 Å². The number of benzene rings is 1. The Morgan fingerprint density at radius 1 is 1.11 bits per heavy atom. The molecule has 2 heterocycles. The fourth-order valence-corrected chi connectivity index (χ4v) is 2.88. The fourth-order valence-electron chi connectivity index (χ4n) is 2.31. The van der Waals surface area contributed by atoms with Crippen LogP contribution in [0.5, 0.6) is 11.6 Å². The van der Waals surface area contributed by atoms with E-state index in [1.165, 1.54) is 42.7 Å². The molecule has 1 aromatic carbocycles. The lowest BCUT2D eigenvalue weighted by atomic mass is 10.2. The molecule has 0 saturated carbocycles. The zero-order valence-electron chi connectivity index (χ0n) is 14.3. The van der Waals surface area contributed by atoms with E-state index in [4.69, 9.17) is 4.74 Å². The lowest BCUT2D eigenvalue weighted by molar-refractivity contribution is 0.0947. The third-order valence-corrected chi connectivity index (χ3v) is 4.24. The summed E-state index contributed by atoms with van der Waals surface area (Å²) in [5, 5.41) is 2.58.